The fourth-order valence-electron chi connectivity index (χ4n) is 9.15. The topological polar surface area (TPSA) is 40.5 Å². The Hall–Kier alpha value is -0.220. The summed E-state index contributed by atoms with van der Waals surface area (Å²) < 4.78 is 28.6. The monoisotopic (exact) mass is 426 g/mol. The zero-order valence-electron chi connectivity index (χ0n) is 19.8. The Kier molecular flexibility index (Phi) is 5.66. The van der Waals surface area contributed by atoms with Crippen LogP contribution in [0.4, 0.5) is 8.78 Å². The number of aliphatic hydroxyl groups excluding tert-OH is 1. The Bertz CT molecular complexity index is 647. The molecule has 0 saturated heterocycles. The number of rotatable bonds is 4. The third-order valence-corrected chi connectivity index (χ3v) is 10.9. The van der Waals surface area contributed by atoms with Gasteiger partial charge in [0.15, 0.2) is 0 Å². The van der Waals surface area contributed by atoms with Gasteiger partial charge >= 0.3 is 0 Å². The summed E-state index contributed by atoms with van der Waals surface area (Å²) in [6.45, 7) is 10.1. The highest BCUT2D eigenvalue weighted by Crippen LogP contribution is 2.69. The first-order valence-electron chi connectivity index (χ1n) is 12.6. The van der Waals surface area contributed by atoms with E-state index in [0.29, 0.717) is 23.2 Å². The molecule has 0 aliphatic heterocycles. The van der Waals surface area contributed by atoms with Crippen LogP contribution >= 0.6 is 0 Å². The van der Waals surface area contributed by atoms with Gasteiger partial charge in [-0.3, -0.25) is 0 Å². The van der Waals surface area contributed by atoms with Crippen LogP contribution in [0.2, 0.25) is 0 Å². The lowest BCUT2D eigenvalue weighted by Crippen LogP contribution is -2.55. The molecular weight excluding hydrogens is 382 g/mol. The van der Waals surface area contributed by atoms with E-state index in [1.165, 1.54) is 32.6 Å². The van der Waals surface area contributed by atoms with Crippen LogP contribution in [0.15, 0.2) is 0 Å². The molecule has 0 aromatic rings. The van der Waals surface area contributed by atoms with Crippen LogP contribution in [0.3, 0.4) is 0 Å². The molecule has 2 nitrogen and oxygen atoms in total. The van der Waals surface area contributed by atoms with Gasteiger partial charge in [-0.05, 0) is 118 Å². The number of fused-ring (bicyclic) bond motifs is 5. The summed E-state index contributed by atoms with van der Waals surface area (Å²) in [4.78, 5) is 0. The fourth-order valence-corrected chi connectivity index (χ4v) is 9.15. The quantitative estimate of drug-likeness (QED) is 0.543. The van der Waals surface area contributed by atoms with Crippen molar-refractivity contribution in [3.8, 4) is 0 Å². The summed E-state index contributed by atoms with van der Waals surface area (Å²) >= 11 is 0. The van der Waals surface area contributed by atoms with E-state index in [1.54, 1.807) is 0 Å². The molecule has 2 N–H and O–H groups in total. The van der Waals surface area contributed by atoms with Crippen molar-refractivity contribution in [2.75, 3.05) is 0 Å². The minimum Gasteiger partial charge on any atom is -0.390 e. The van der Waals surface area contributed by atoms with Gasteiger partial charge in [0.1, 0.15) is 6.10 Å². The molecule has 0 aromatic heterocycles. The van der Waals surface area contributed by atoms with Crippen LogP contribution in [0.25, 0.3) is 0 Å². The molecule has 4 rings (SSSR count). The number of halogens is 2. The maximum Gasteiger partial charge on any atom is 0.273 e. The zero-order chi connectivity index (χ0) is 22.1. The predicted molar refractivity (Wildman–Crippen MR) is 116 cm³/mol. The maximum atomic E-state index is 14.3. The summed E-state index contributed by atoms with van der Waals surface area (Å²) in [6, 6.07) is 0. The minimum absolute atomic E-state index is 0.0575. The van der Waals surface area contributed by atoms with E-state index >= 15 is 0 Å². The van der Waals surface area contributed by atoms with Crippen LogP contribution in [-0.4, -0.2) is 27.8 Å². The van der Waals surface area contributed by atoms with Gasteiger partial charge in [0.05, 0.1) is 5.60 Å². The highest BCUT2D eigenvalue weighted by atomic mass is 19.3. The average Bonchev–Trinajstić information content (AvgIpc) is 2.99. The first-order valence-corrected chi connectivity index (χ1v) is 12.6. The Morgan fingerprint density at radius 2 is 1.57 bits per heavy atom. The molecule has 4 fully saturated rings. The molecule has 1 unspecified atom stereocenters. The molecule has 10 atom stereocenters. The summed E-state index contributed by atoms with van der Waals surface area (Å²) in [7, 11) is 0. The molecule has 30 heavy (non-hydrogen) atoms. The number of alkyl halides is 2. The SMILES string of the molecule is CC(CC(F)(F)[C@H](C)O)[C@H]1CC[C@H]2[C@@H]3CC[C@H]4C[C@@](C)(O)CC[C@]4(C)[C@H]3CC[C@]12C. The molecule has 4 heteroatoms. The summed E-state index contributed by atoms with van der Waals surface area (Å²) in [5.74, 6) is 0.0385. The van der Waals surface area contributed by atoms with E-state index in [1.807, 2.05) is 13.8 Å². The average molecular weight is 427 g/mol. The van der Waals surface area contributed by atoms with Crippen molar-refractivity contribution in [1.29, 1.82) is 0 Å². The van der Waals surface area contributed by atoms with Crippen molar-refractivity contribution in [3.05, 3.63) is 0 Å². The van der Waals surface area contributed by atoms with Crippen molar-refractivity contribution in [2.45, 2.75) is 116 Å². The van der Waals surface area contributed by atoms with E-state index in [0.717, 1.165) is 43.9 Å². The number of hydrogen-bond acceptors (Lipinski definition) is 2. The van der Waals surface area contributed by atoms with Crippen molar-refractivity contribution < 1.29 is 19.0 Å². The molecule has 0 radical (unpaired) electrons. The zero-order valence-corrected chi connectivity index (χ0v) is 19.8. The molecule has 4 saturated carbocycles. The molecule has 4 aliphatic rings. The second-order valence-corrected chi connectivity index (χ2v) is 12.7. The van der Waals surface area contributed by atoms with E-state index in [2.05, 4.69) is 13.8 Å². The second-order valence-electron chi connectivity index (χ2n) is 12.7. The fraction of sp³-hybridized carbons (Fsp3) is 1.00. The maximum absolute atomic E-state index is 14.3. The van der Waals surface area contributed by atoms with Gasteiger partial charge in [0.2, 0.25) is 0 Å². The van der Waals surface area contributed by atoms with Gasteiger partial charge in [-0.25, -0.2) is 8.78 Å². The van der Waals surface area contributed by atoms with Gasteiger partial charge in [0, 0.05) is 6.42 Å². The van der Waals surface area contributed by atoms with Gasteiger partial charge < -0.3 is 10.2 Å². The minimum atomic E-state index is -2.99. The Labute approximate surface area is 182 Å². The van der Waals surface area contributed by atoms with E-state index in [4.69, 9.17) is 0 Å². The third-order valence-electron chi connectivity index (χ3n) is 10.9. The van der Waals surface area contributed by atoms with Crippen molar-refractivity contribution in [2.24, 2.45) is 46.3 Å². The highest BCUT2D eigenvalue weighted by molar-refractivity contribution is 5.10. The Morgan fingerprint density at radius 3 is 2.23 bits per heavy atom. The normalized spacial score (nSPS) is 50.9. The first kappa shape index (κ1) is 23.0. The van der Waals surface area contributed by atoms with Gasteiger partial charge in [-0.15, -0.1) is 0 Å². The molecule has 0 bridgehead atoms. The first-order chi connectivity index (χ1) is 13.8. The summed E-state index contributed by atoms with van der Waals surface area (Å²) in [5, 5.41) is 20.2. The van der Waals surface area contributed by atoms with Crippen LogP contribution in [0, 0.1) is 46.3 Å². The van der Waals surface area contributed by atoms with Crippen LogP contribution in [0.5, 0.6) is 0 Å². The highest BCUT2D eigenvalue weighted by Gasteiger charge is 2.61. The summed E-state index contributed by atoms with van der Waals surface area (Å²) in [5.41, 5.74) is 0.0113. The lowest BCUT2D eigenvalue weighted by molar-refractivity contribution is -0.152. The van der Waals surface area contributed by atoms with Crippen molar-refractivity contribution >= 4 is 0 Å². The lowest BCUT2D eigenvalue weighted by Gasteiger charge is -2.62. The molecule has 0 spiro atoms. The molecule has 174 valence electrons. The molecule has 0 aromatic carbocycles. The van der Waals surface area contributed by atoms with Gasteiger partial charge in [0.25, 0.3) is 5.92 Å². The van der Waals surface area contributed by atoms with Crippen LogP contribution in [-0.2, 0) is 0 Å². The molecular formula is C26H44F2O2. The van der Waals surface area contributed by atoms with E-state index < -0.39 is 17.6 Å². The Balaban J connectivity index is 1.52. The molecule has 4 aliphatic carbocycles. The van der Waals surface area contributed by atoms with Crippen molar-refractivity contribution in [3.63, 3.8) is 0 Å². The van der Waals surface area contributed by atoms with Crippen LogP contribution < -0.4 is 0 Å². The Morgan fingerprint density at radius 1 is 0.900 bits per heavy atom. The third kappa shape index (κ3) is 3.56. The summed E-state index contributed by atoms with van der Waals surface area (Å²) in [6.07, 6.45) is 8.35. The smallest absolute Gasteiger partial charge is 0.273 e. The number of hydrogen-bond donors (Lipinski definition) is 2. The predicted octanol–water partition coefficient (Wildman–Crippen LogP) is 6.44. The molecule has 0 amide bonds. The lowest BCUT2D eigenvalue weighted by atomic mass is 9.43. The van der Waals surface area contributed by atoms with Crippen molar-refractivity contribution in [1.82, 2.24) is 0 Å². The van der Waals surface area contributed by atoms with Gasteiger partial charge in [-0.2, -0.15) is 0 Å². The van der Waals surface area contributed by atoms with Crippen LogP contribution in [0.1, 0.15) is 98.8 Å². The second kappa shape index (κ2) is 7.40. The van der Waals surface area contributed by atoms with E-state index in [9.17, 15) is 19.0 Å². The number of aliphatic hydroxyl groups is 2. The van der Waals surface area contributed by atoms with Gasteiger partial charge in [-0.1, -0.05) is 20.8 Å². The standard InChI is InChI=1S/C26H44F2O2/c1-16(14-26(27,28)17(2)29)20-8-9-21-19-7-6-18-15-23(3,30)12-13-24(18,4)22(19)10-11-25(20,21)5/h16-22,29-30H,6-15H2,1-5H3/t16?,17-,18-,19-,20+,21-,22-,23-,24-,25+/m0/s1. The molecule has 0 heterocycles. The van der Waals surface area contributed by atoms with E-state index in [-0.39, 0.29) is 17.8 Å². The largest absolute Gasteiger partial charge is 0.390 e.